The number of rotatable bonds is 2. The number of carbonyl (C=O) groups is 1. The molecular formula is C15H15N3OS. The minimum Gasteiger partial charge on any atom is -0.320 e. The monoisotopic (exact) mass is 285 g/mol. The van der Waals surface area contributed by atoms with Gasteiger partial charge >= 0.3 is 0 Å². The molecule has 0 radical (unpaired) electrons. The maximum Gasteiger partial charge on any atom is 0.267 e. The molecule has 4 nitrogen and oxygen atoms in total. The Balaban J connectivity index is 2.28. The molecule has 0 aliphatic rings. The van der Waals surface area contributed by atoms with Crippen LogP contribution < -0.4 is 11.1 Å². The van der Waals surface area contributed by atoms with E-state index in [0.717, 1.165) is 16.1 Å². The lowest BCUT2D eigenvalue weighted by Gasteiger charge is -2.07. The van der Waals surface area contributed by atoms with Crippen molar-refractivity contribution in [2.75, 3.05) is 11.9 Å². The van der Waals surface area contributed by atoms with Gasteiger partial charge in [-0.25, -0.2) is 4.98 Å². The number of nitrogens with zero attached hydrogens (tertiary/aromatic N) is 1. The topological polar surface area (TPSA) is 68.0 Å². The largest absolute Gasteiger partial charge is 0.320 e. The summed E-state index contributed by atoms with van der Waals surface area (Å²) in [7, 11) is 0. The Morgan fingerprint density at radius 2 is 2.25 bits per heavy atom. The summed E-state index contributed by atoms with van der Waals surface area (Å²) in [4.78, 5) is 16.8. The molecule has 0 atom stereocenters. The summed E-state index contributed by atoms with van der Waals surface area (Å²) < 4.78 is 0. The molecule has 0 saturated carbocycles. The van der Waals surface area contributed by atoms with Crippen molar-refractivity contribution in [1.29, 1.82) is 0 Å². The van der Waals surface area contributed by atoms with Crippen LogP contribution in [0.15, 0.2) is 24.4 Å². The van der Waals surface area contributed by atoms with E-state index in [-0.39, 0.29) is 12.5 Å². The summed E-state index contributed by atoms with van der Waals surface area (Å²) in [5.41, 5.74) is 7.89. The quantitative estimate of drug-likeness (QED) is 0.832. The van der Waals surface area contributed by atoms with Crippen LogP contribution in [0.4, 0.5) is 5.69 Å². The Morgan fingerprint density at radius 3 is 2.90 bits per heavy atom. The fourth-order valence-electron chi connectivity index (χ4n) is 1.67. The molecule has 1 amide bonds. The molecule has 2 aromatic rings. The third-order valence-electron chi connectivity index (χ3n) is 2.59. The molecule has 0 bridgehead atoms. The number of benzene rings is 1. The fourth-order valence-corrected chi connectivity index (χ4v) is 2.34. The lowest BCUT2D eigenvalue weighted by Crippen LogP contribution is -2.11. The Labute approximate surface area is 122 Å². The number of aromatic nitrogens is 1. The number of nitrogens with two attached hydrogens (primary N) is 1. The van der Waals surface area contributed by atoms with Gasteiger partial charge in [0.1, 0.15) is 4.88 Å². The molecule has 1 aromatic heterocycles. The zero-order chi connectivity index (χ0) is 14.5. The molecule has 0 aliphatic carbocycles. The normalized spacial score (nSPS) is 9.75. The first-order valence-electron chi connectivity index (χ1n) is 6.13. The summed E-state index contributed by atoms with van der Waals surface area (Å²) in [6, 6.07) is 5.73. The van der Waals surface area contributed by atoms with Crippen LogP contribution in [-0.4, -0.2) is 17.4 Å². The molecule has 1 aromatic carbocycles. The van der Waals surface area contributed by atoms with Gasteiger partial charge in [-0.3, -0.25) is 4.79 Å². The van der Waals surface area contributed by atoms with Crippen molar-refractivity contribution in [3.8, 4) is 11.8 Å². The van der Waals surface area contributed by atoms with Gasteiger partial charge in [0, 0.05) is 5.56 Å². The molecule has 0 fully saturated rings. The third-order valence-corrected chi connectivity index (χ3v) is 3.50. The average Bonchev–Trinajstić information content (AvgIpc) is 2.85. The summed E-state index contributed by atoms with van der Waals surface area (Å²) in [6.45, 7) is 4.12. The molecule has 0 spiro atoms. The van der Waals surface area contributed by atoms with Gasteiger partial charge < -0.3 is 11.1 Å². The van der Waals surface area contributed by atoms with Gasteiger partial charge in [0.2, 0.25) is 0 Å². The molecule has 102 valence electrons. The summed E-state index contributed by atoms with van der Waals surface area (Å²) >= 11 is 1.36. The van der Waals surface area contributed by atoms with Crippen LogP contribution in [-0.2, 0) is 0 Å². The Bertz CT molecular complexity index is 695. The first kappa shape index (κ1) is 14.3. The fraction of sp³-hybridized carbons (Fsp3) is 0.200. The van der Waals surface area contributed by atoms with Crippen LogP contribution in [0.1, 0.15) is 25.8 Å². The Morgan fingerprint density at radius 1 is 1.45 bits per heavy atom. The average molecular weight is 285 g/mol. The van der Waals surface area contributed by atoms with Crippen LogP contribution in [0, 0.1) is 25.7 Å². The smallest absolute Gasteiger partial charge is 0.267 e. The van der Waals surface area contributed by atoms with Crippen LogP contribution in [0.3, 0.4) is 0 Å². The van der Waals surface area contributed by atoms with E-state index in [4.69, 9.17) is 5.73 Å². The molecule has 0 saturated heterocycles. The number of thiazole rings is 1. The second-order valence-electron chi connectivity index (χ2n) is 4.25. The van der Waals surface area contributed by atoms with Gasteiger partial charge in [0.15, 0.2) is 0 Å². The maximum atomic E-state index is 12.2. The highest BCUT2D eigenvalue weighted by molar-refractivity contribution is 7.13. The second kappa shape index (κ2) is 6.33. The predicted molar refractivity (Wildman–Crippen MR) is 81.9 cm³/mol. The molecule has 1 heterocycles. The lowest BCUT2D eigenvalue weighted by molar-refractivity contribution is 0.103. The number of amides is 1. The van der Waals surface area contributed by atoms with Crippen molar-refractivity contribution in [1.82, 2.24) is 4.98 Å². The van der Waals surface area contributed by atoms with E-state index in [1.54, 1.807) is 6.20 Å². The zero-order valence-electron chi connectivity index (χ0n) is 11.4. The van der Waals surface area contributed by atoms with E-state index in [0.29, 0.717) is 10.6 Å². The first-order valence-corrected chi connectivity index (χ1v) is 6.95. The van der Waals surface area contributed by atoms with Gasteiger partial charge in [-0.15, -0.1) is 11.3 Å². The SMILES string of the molecule is Cc1ccc(C#CCN)c(NC(=O)c2cnc(C)s2)c1. The van der Waals surface area contributed by atoms with Crippen LogP contribution >= 0.6 is 11.3 Å². The second-order valence-corrected chi connectivity index (χ2v) is 5.49. The number of carbonyl (C=O) groups excluding carboxylic acids is 1. The molecule has 3 N–H and O–H groups in total. The van der Waals surface area contributed by atoms with Gasteiger partial charge in [-0.1, -0.05) is 17.9 Å². The minimum absolute atomic E-state index is 0.169. The number of aryl methyl sites for hydroxylation is 2. The number of hydrogen-bond acceptors (Lipinski definition) is 4. The zero-order valence-corrected chi connectivity index (χ0v) is 12.2. The Kier molecular flexibility index (Phi) is 4.51. The molecule has 5 heteroatoms. The summed E-state index contributed by atoms with van der Waals surface area (Å²) in [5.74, 6) is 5.59. The van der Waals surface area contributed by atoms with Gasteiger partial charge in [-0.2, -0.15) is 0 Å². The van der Waals surface area contributed by atoms with Crippen molar-refractivity contribution in [2.24, 2.45) is 5.73 Å². The molecular weight excluding hydrogens is 270 g/mol. The van der Waals surface area contributed by atoms with Crippen LogP contribution in [0.2, 0.25) is 0 Å². The van der Waals surface area contributed by atoms with E-state index >= 15 is 0 Å². The van der Waals surface area contributed by atoms with Crippen molar-refractivity contribution in [2.45, 2.75) is 13.8 Å². The van der Waals surface area contributed by atoms with Gasteiger partial charge in [0.25, 0.3) is 5.91 Å². The maximum absolute atomic E-state index is 12.2. The van der Waals surface area contributed by atoms with Gasteiger partial charge in [0.05, 0.1) is 23.4 Å². The van der Waals surface area contributed by atoms with Crippen molar-refractivity contribution >= 4 is 22.9 Å². The highest BCUT2D eigenvalue weighted by Crippen LogP contribution is 2.19. The molecule has 0 unspecified atom stereocenters. The van der Waals surface area contributed by atoms with Gasteiger partial charge in [-0.05, 0) is 31.5 Å². The standard InChI is InChI=1S/C15H15N3OS/c1-10-5-6-12(4-3-7-16)13(8-10)18-15(19)14-9-17-11(2)20-14/h5-6,8-9H,7,16H2,1-2H3,(H,18,19). The van der Waals surface area contributed by atoms with E-state index < -0.39 is 0 Å². The Hall–Kier alpha value is -2.16. The number of anilines is 1. The molecule has 0 aliphatic heterocycles. The van der Waals surface area contributed by atoms with Crippen molar-refractivity contribution < 1.29 is 4.79 Å². The van der Waals surface area contributed by atoms with Crippen LogP contribution in [0.5, 0.6) is 0 Å². The van der Waals surface area contributed by atoms with Crippen molar-refractivity contribution in [3.63, 3.8) is 0 Å². The molecule has 20 heavy (non-hydrogen) atoms. The van der Waals surface area contributed by atoms with E-state index in [2.05, 4.69) is 22.1 Å². The summed E-state index contributed by atoms with van der Waals surface area (Å²) in [5, 5.41) is 3.74. The summed E-state index contributed by atoms with van der Waals surface area (Å²) in [6.07, 6.45) is 1.58. The van der Waals surface area contributed by atoms with E-state index in [1.165, 1.54) is 11.3 Å². The highest BCUT2D eigenvalue weighted by Gasteiger charge is 2.11. The number of hydrogen-bond donors (Lipinski definition) is 2. The van der Waals surface area contributed by atoms with E-state index in [1.807, 2.05) is 32.0 Å². The molecule has 2 rings (SSSR count). The van der Waals surface area contributed by atoms with E-state index in [9.17, 15) is 4.79 Å². The first-order chi connectivity index (χ1) is 9.60. The highest BCUT2D eigenvalue weighted by atomic mass is 32.1. The van der Waals surface area contributed by atoms with Crippen LogP contribution in [0.25, 0.3) is 0 Å². The minimum atomic E-state index is -0.169. The lowest BCUT2D eigenvalue weighted by atomic mass is 10.1. The predicted octanol–water partition coefficient (Wildman–Crippen LogP) is 2.32. The number of nitrogens with one attached hydrogen (secondary N) is 1. The third kappa shape index (κ3) is 3.44. The van der Waals surface area contributed by atoms with Crippen molar-refractivity contribution in [3.05, 3.63) is 45.4 Å².